The molecule has 0 unspecified atom stereocenters. The van der Waals surface area contributed by atoms with Gasteiger partial charge < -0.3 is 4.98 Å². The summed E-state index contributed by atoms with van der Waals surface area (Å²) >= 11 is 0. The Hall–Kier alpha value is -4.29. The number of hydrogen-bond donors (Lipinski definition) is 2. The summed E-state index contributed by atoms with van der Waals surface area (Å²) in [5.74, 6) is 0. The molecule has 0 fully saturated rings. The molecule has 1 aromatic carbocycles. The number of fused-ring (bicyclic) bond motifs is 1. The van der Waals surface area contributed by atoms with Gasteiger partial charge in [0, 0.05) is 20.2 Å². The standard InChI is InChI=1S/C15H12N6O7/c1-18-10-5-7(9(20(25)26)6-11(10)19(2)15(18)24)3-4-8-12(21(27)28)13(22)17-14(23)16-8/h3-6H,1-2H3,(H2,16,17,22,23)/b4-3+. The van der Waals surface area contributed by atoms with Crippen molar-refractivity contribution in [1.82, 2.24) is 19.1 Å². The lowest BCUT2D eigenvalue weighted by Gasteiger charge is -2.01. The summed E-state index contributed by atoms with van der Waals surface area (Å²) in [6, 6.07) is 2.56. The van der Waals surface area contributed by atoms with Crippen molar-refractivity contribution < 1.29 is 9.85 Å². The van der Waals surface area contributed by atoms with E-state index in [4.69, 9.17) is 0 Å². The first-order valence-corrected chi connectivity index (χ1v) is 7.64. The third-order valence-corrected chi connectivity index (χ3v) is 4.17. The van der Waals surface area contributed by atoms with Gasteiger partial charge in [-0.1, -0.05) is 0 Å². The van der Waals surface area contributed by atoms with Crippen molar-refractivity contribution in [3.63, 3.8) is 0 Å². The van der Waals surface area contributed by atoms with Crippen LogP contribution in [0.3, 0.4) is 0 Å². The van der Waals surface area contributed by atoms with E-state index >= 15 is 0 Å². The van der Waals surface area contributed by atoms with Crippen molar-refractivity contribution in [3.05, 3.63) is 74.9 Å². The van der Waals surface area contributed by atoms with Gasteiger partial charge >= 0.3 is 22.6 Å². The van der Waals surface area contributed by atoms with E-state index in [0.29, 0.717) is 11.0 Å². The van der Waals surface area contributed by atoms with Crippen molar-refractivity contribution in [2.75, 3.05) is 0 Å². The molecule has 0 saturated carbocycles. The molecular formula is C15H12N6O7. The van der Waals surface area contributed by atoms with Crippen molar-refractivity contribution in [3.8, 4) is 0 Å². The van der Waals surface area contributed by atoms with Crippen LogP contribution in [0.5, 0.6) is 0 Å². The number of nitrogens with one attached hydrogen (secondary N) is 2. The lowest BCUT2D eigenvalue weighted by atomic mass is 10.1. The average Bonchev–Trinajstić information content (AvgIpc) is 2.82. The van der Waals surface area contributed by atoms with Gasteiger partial charge in [-0.3, -0.25) is 39.1 Å². The minimum Gasteiger partial charge on any atom is -0.301 e. The quantitative estimate of drug-likeness (QED) is 0.474. The fourth-order valence-electron chi connectivity index (χ4n) is 2.81. The molecule has 0 aliphatic carbocycles. The number of imidazole rings is 1. The van der Waals surface area contributed by atoms with Gasteiger partial charge in [0.05, 0.1) is 26.4 Å². The number of nitrogens with zero attached hydrogens (tertiary/aromatic N) is 4. The van der Waals surface area contributed by atoms with E-state index in [1.54, 1.807) is 4.98 Å². The highest BCUT2D eigenvalue weighted by atomic mass is 16.6. The van der Waals surface area contributed by atoms with E-state index in [0.717, 1.165) is 12.2 Å². The van der Waals surface area contributed by atoms with E-state index in [-0.39, 0.29) is 16.9 Å². The van der Waals surface area contributed by atoms with Crippen molar-refractivity contribution >= 4 is 34.6 Å². The molecule has 0 aliphatic heterocycles. The van der Waals surface area contributed by atoms with Crippen LogP contribution in [0.15, 0.2) is 26.5 Å². The van der Waals surface area contributed by atoms with Crippen molar-refractivity contribution in [1.29, 1.82) is 0 Å². The van der Waals surface area contributed by atoms with Gasteiger partial charge in [0.15, 0.2) is 0 Å². The first kappa shape index (κ1) is 18.5. The number of rotatable bonds is 4. The predicted octanol–water partition coefficient (Wildman–Crippen LogP) is 0.240. The zero-order valence-electron chi connectivity index (χ0n) is 14.5. The van der Waals surface area contributed by atoms with Crippen LogP contribution < -0.4 is 16.9 Å². The topological polar surface area (TPSA) is 179 Å². The van der Waals surface area contributed by atoms with Gasteiger partial charge in [0.25, 0.3) is 5.69 Å². The normalized spacial score (nSPS) is 11.4. The molecule has 13 heteroatoms. The van der Waals surface area contributed by atoms with E-state index in [2.05, 4.69) is 4.98 Å². The van der Waals surface area contributed by atoms with Crippen molar-refractivity contribution in [2.24, 2.45) is 14.1 Å². The van der Waals surface area contributed by atoms with E-state index < -0.39 is 32.5 Å². The van der Waals surface area contributed by atoms with Gasteiger partial charge in [-0.2, -0.15) is 0 Å². The molecule has 3 rings (SSSR count). The van der Waals surface area contributed by atoms with Gasteiger partial charge in [-0.15, -0.1) is 0 Å². The molecule has 2 N–H and O–H groups in total. The molecule has 0 spiro atoms. The van der Waals surface area contributed by atoms with Crippen LogP contribution in [0, 0.1) is 20.2 Å². The van der Waals surface area contributed by atoms with Crippen LogP contribution in [-0.4, -0.2) is 28.9 Å². The molecule has 2 aromatic heterocycles. The monoisotopic (exact) mass is 388 g/mol. The highest BCUT2D eigenvalue weighted by Gasteiger charge is 2.21. The lowest BCUT2D eigenvalue weighted by molar-refractivity contribution is -0.386. The minimum atomic E-state index is -1.20. The van der Waals surface area contributed by atoms with Gasteiger partial charge in [-0.25, -0.2) is 9.59 Å². The van der Waals surface area contributed by atoms with Crippen LogP contribution in [0.4, 0.5) is 11.4 Å². The first-order valence-electron chi connectivity index (χ1n) is 7.64. The van der Waals surface area contributed by atoms with Gasteiger partial charge in [-0.05, 0) is 18.2 Å². The summed E-state index contributed by atoms with van der Waals surface area (Å²) in [7, 11) is 2.96. The van der Waals surface area contributed by atoms with Crippen LogP contribution >= 0.6 is 0 Å². The van der Waals surface area contributed by atoms with Crippen molar-refractivity contribution in [2.45, 2.75) is 0 Å². The predicted molar refractivity (Wildman–Crippen MR) is 98.1 cm³/mol. The molecule has 0 amide bonds. The van der Waals surface area contributed by atoms with E-state index in [9.17, 15) is 34.6 Å². The number of H-pyrrole nitrogens is 2. The van der Waals surface area contributed by atoms with E-state index in [1.165, 1.54) is 35.4 Å². The summed E-state index contributed by atoms with van der Waals surface area (Å²) in [5.41, 5.74) is -3.51. The number of aromatic nitrogens is 4. The molecule has 0 atom stereocenters. The van der Waals surface area contributed by atoms with Gasteiger partial charge in [0.1, 0.15) is 5.69 Å². The summed E-state index contributed by atoms with van der Waals surface area (Å²) in [6.45, 7) is 0. The smallest absolute Gasteiger partial charge is 0.301 e. The maximum atomic E-state index is 12.0. The average molecular weight is 388 g/mol. The fraction of sp³-hybridized carbons (Fsp3) is 0.133. The molecule has 2 heterocycles. The zero-order chi connectivity index (χ0) is 20.7. The summed E-state index contributed by atoms with van der Waals surface area (Å²) in [4.78, 5) is 59.8. The maximum absolute atomic E-state index is 12.0. The van der Waals surface area contributed by atoms with Crippen LogP contribution in [0.1, 0.15) is 11.3 Å². The Morgan fingerprint density at radius 1 is 0.929 bits per heavy atom. The highest BCUT2D eigenvalue weighted by Crippen LogP contribution is 2.27. The number of benzene rings is 1. The lowest BCUT2D eigenvalue weighted by Crippen LogP contribution is -2.25. The van der Waals surface area contributed by atoms with E-state index in [1.807, 2.05) is 0 Å². The minimum absolute atomic E-state index is 0.0223. The molecular weight excluding hydrogens is 376 g/mol. The Balaban J connectivity index is 2.27. The Bertz CT molecular complexity index is 1350. The van der Waals surface area contributed by atoms with Crippen LogP contribution in [0.25, 0.3) is 23.2 Å². The van der Waals surface area contributed by atoms with Crippen LogP contribution in [0.2, 0.25) is 0 Å². The summed E-state index contributed by atoms with van der Waals surface area (Å²) in [6.07, 6.45) is 2.16. The molecule has 0 aliphatic rings. The Morgan fingerprint density at radius 2 is 1.54 bits per heavy atom. The molecule has 13 nitrogen and oxygen atoms in total. The molecule has 0 radical (unpaired) electrons. The van der Waals surface area contributed by atoms with Crippen LogP contribution in [-0.2, 0) is 14.1 Å². The summed E-state index contributed by atoms with van der Waals surface area (Å²) in [5, 5.41) is 22.5. The molecule has 0 saturated heterocycles. The third kappa shape index (κ3) is 2.90. The first-order chi connectivity index (χ1) is 13.1. The number of aromatic amines is 2. The number of hydrogen-bond acceptors (Lipinski definition) is 7. The maximum Gasteiger partial charge on any atom is 0.357 e. The van der Waals surface area contributed by atoms with Gasteiger partial charge in [0.2, 0.25) is 0 Å². The molecule has 144 valence electrons. The zero-order valence-corrected chi connectivity index (χ0v) is 14.5. The fourth-order valence-corrected chi connectivity index (χ4v) is 2.81. The molecule has 0 bridgehead atoms. The highest BCUT2D eigenvalue weighted by molar-refractivity contribution is 5.86. The second kappa shape index (κ2) is 6.46. The Kier molecular flexibility index (Phi) is 4.27. The Labute approximate surface area is 153 Å². The number of nitro benzene ring substituents is 1. The Morgan fingerprint density at radius 3 is 2.11 bits per heavy atom. The molecule has 3 aromatic rings. The second-order valence-electron chi connectivity index (χ2n) is 5.82. The second-order valence-corrected chi connectivity index (χ2v) is 5.82. The number of aryl methyl sites for hydroxylation is 2. The third-order valence-electron chi connectivity index (χ3n) is 4.17. The number of nitro groups is 2. The summed E-state index contributed by atoms with van der Waals surface area (Å²) < 4.78 is 2.53. The molecule has 28 heavy (non-hydrogen) atoms. The SMILES string of the molecule is Cn1c(=O)n(C)c2cc([N+](=O)[O-])c(/C=C/c3[nH]c(=O)[nH]c(=O)c3[N+](=O)[O-])cc21. The largest absolute Gasteiger partial charge is 0.357 e.